The van der Waals surface area contributed by atoms with Crippen LogP contribution in [-0.4, -0.2) is 23.0 Å². The van der Waals surface area contributed by atoms with E-state index in [2.05, 4.69) is 20.9 Å². The van der Waals surface area contributed by atoms with Crippen LogP contribution in [0.1, 0.15) is 19.4 Å². The highest BCUT2D eigenvalue weighted by Gasteiger charge is 2.17. The standard InChI is InChI=1S/C18H23N5O2.2ClH/c1-12(2)16(19)17(24)22-14-4-3-5-15(10-14)23-18(25)21-11-13-6-8-20-9-7-13;;/h3-10,12,16H,11,19H2,1-2H3,(H,22,24)(H2,21,23,25);2*1H/t16-;;/m0../s1. The topological polar surface area (TPSA) is 109 Å². The minimum atomic E-state index is -0.583. The van der Waals surface area contributed by atoms with Crippen molar-refractivity contribution in [3.63, 3.8) is 0 Å². The first kappa shape index (κ1) is 24.7. The number of hydrogen-bond acceptors (Lipinski definition) is 4. The van der Waals surface area contributed by atoms with E-state index < -0.39 is 6.04 Å². The molecule has 2 aromatic rings. The molecule has 0 fully saturated rings. The highest BCUT2D eigenvalue weighted by atomic mass is 35.5. The molecule has 0 saturated carbocycles. The van der Waals surface area contributed by atoms with Crippen molar-refractivity contribution in [2.45, 2.75) is 26.4 Å². The Morgan fingerprint density at radius 1 is 1.04 bits per heavy atom. The maximum atomic E-state index is 12.0. The molecule has 0 spiro atoms. The number of carbonyl (C=O) groups is 2. The quantitative estimate of drug-likeness (QED) is 0.582. The Kier molecular flexibility index (Phi) is 11.1. The van der Waals surface area contributed by atoms with Crippen LogP contribution in [0, 0.1) is 5.92 Å². The van der Waals surface area contributed by atoms with Gasteiger partial charge in [-0.25, -0.2) is 4.79 Å². The van der Waals surface area contributed by atoms with Crippen molar-refractivity contribution in [1.82, 2.24) is 10.3 Å². The van der Waals surface area contributed by atoms with E-state index in [9.17, 15) is 9.59 Å². The lowest BCUT2D eigenvalue weighted by Gasteiger charge is -2.16. The fourth-order valence-corrected chi connectivity index (χ4v) is 2.06. The second kappa shape index (κ2) is 12.1. The Hall–Kier alpha value is -2.35. The number of hydrogen-bond donors (Lipinski definition) is 4. The second-order valence-corrected chi connectivity index (χ2v) is 6.00. The number of aromatic nitrogens is 1. The van der Waals surface area contributed by atoms with E-state index in [4.69, 9.17) is 5.73 Å². The van der Waals surface area contributed by atoms with Gasteiger partial charge in [0.15, 0.2) is 0 Å². The van der Waals surface area contributed by atoms with Crippen molar-refractivity contribution in [3.05, 3.63) is 54.4 Å². The molecule has 148 valence electrons. The monoisotopic (exact) mass is 413 g/mol. The Morgan fingerprint density at radius 2 is 1.63 bits per heavy atom. The summed E-state index contributed by atoms with van der Waals surface area (Å²) in [6.07, 6.45) is 3.34. The van der Waals surface area contributed by atoms with Crippen LogP contribution in [0.3, 0.4) is 0 Å². The molecule has 7 nitrogen and oxygen atoms in total. The normalized spacial score (nSPS) is 10.8. The molecule has 0 radical (unpaired) electrons. The van der Waals surface area contributed by atoms with Gasteiger partial charge in [-0.15, -0.1) is 24.8 Å². The zero-order valence-corrected chi connectivity index (χ0v) is 16.8. The van der Waals surface area contributed by atoms with Gasteiger partial charge in [-0.05, 0) is 41.8 Å². The highest BCUT2D eigenvalue weighted by molar-refractivity contribution is 5.96. The average molecular weight is 414 g/mol. The van der Waals surface area contributed by atoms with Crippen LogP contribution in [0.5, 0.6) is 0 Å². The molecule has 9 heteroatoms. The molecule has 0 aliphatic carbocycles. The van der Waals surface area contributed by atoms with Crippen molar-refractivity contribution >= 4 is 48.1 Å². The van der Waals surface area contributed by atoms with Gasteiger partial charge in [0.1, 0.15) is 0 Å². The number of anilines is 2. The van der Waals surface area contributed by atoms with Gasteiger partial charge in [-0.1, -0.05) is 19.9 Å². The van der Waals surface area contributed by atoms with E-state index in [1.54, 1.807) is 36.7 Å². The van der Waals surface area contributed by atoms with Crippen LogP contribution in [0.25, 0.3) is 0 Å². The predicted molar refractivity (Wildman–Crippen MR) is 112 cm³/mol. The van der Waals surface area contributed by atoms with Crippen LogP contribution in [-0.2, 0) is 11.3 Å². The van der Waals surface area contributed by atoms with Gasteiger partial charge in [-0.3, -0.25) is 9.78 Å². The molecule has 3 amide bonds. The van der Waals surface area contributed by atoms with Crippen molar-refractivity contribution in [1.29, 1.82) is 0 Å². The van der Waals surface area contributed by atoms with Crippen molar-refractivity contribution < 1.29 is 9.59 Å². The minimum Gasteiger partial charge on any atom is -0.334 e. The fourth-order valence-electron chi connectivity index (χ4n) is 2.06. The van der Waals surface area contributed by atoms with E-state index in [0.717, 1.165) is 5.56 Å². The highest BCUT2D eigenvalue weighted by Crippen LogP contribution is 2.16. The number of carbonyl (C=O) groups excluding carboxylic acids is 2. The number of pyridine rings is 1. The third kappa shape index (κ3) is 8.25. The largest absolute Gasteiger partial charge is 0.334 e. The molecule has 1 atom stereocenters. The van der Waals surface area contributed by atoms with Gasteiger partial charge in [-0.2, -0.15) is 0 Å². The maximum Gasteiger partial charge on any atom is 0.319 e. The van der Waals surface area contributed by atoms with Crippen LogP contribution >= 0.6 is 24.8 Å². The van der Waals surface area contributed by atoms with Gasteiger partial charge >= 0.3 is 6.03 Å². The maximum absolute atomic E-state index is 12.0. The fraction of sp³-hybridized carbons (Fsp3) is 0.278. The predicted octanol–water partition coefficient (Wildman–Crippen LogP) is 3.17. The first-order valence-electron chi connectivity index (χ1n) is 8.06. The summed E-state index contributed by atoms with van der Waals surface area (Å²) >= 11 is 0. The average Bonchev–Trinajstić information content (AvgIpc) is 2.60. The molecule has 0 aliphatic rings. The molecule has 0 aliphatic heterocycles. The molecular weight excluding hydrogens is 389 g/mol. The number of urea groups is 1. The summed E-state index contributed by atoms with van der Waals surface area (Å²) in [7, 11) is 0. The molecule has 5 N–H and O–H groups in total. The first-order chi connectivity index (χ1) is 12.0. The Bertz CT molecular complexity index is 729. The van der Waals surface area contributed by atoms with Crippen molar-refractivity contribution in [3.8, 4) is 0 Å². The number of nitrogens with zero attached hydrogens (tertiary/aromatic N) is 1. The first-order valence-corrected chi connectivity index (χ1v) is 8.06. The molecule has 2 rings (SSSR count). The Morgan fingerprint density at radius 3 is 2.22 bits per heavy atom. The second-order valence-electron chi connectivity index (χ2n) is 6.00. The van der Waals surface area contributed by atoms with Crippen LogP contribution < -0.4 is 21.7 Å². The molecule has 1 heterocycles. The molecule has 27 heavy (non-hydrogen) atoms. The van der Waals surface area contributed by atoms with Gasteiger partial charge < -0.3 is 21.7 Å². The molecule has 0 unspecified atom stereocenters. The van der Waals surface area contributed by atoms with Gasteiger partial charge in [0, 0.05) is 30.3 Å². The molecule has 1 aromatic carbocycles. The summed E-state index contributed by atoms with van der Waals surface area (Å²) in [6, 6.07) is 9.64. The Balaban J connectivity index is 0.00000338. The summed E-state index contributed by atoms with van der Waals surface area (Å²) < 4.78 is 0. The van der Waals surface area contributed by atoms with E-state index in [1.165, 1.54) is 0 Å². The minimum absolute atomic E-state index is 0. The van der Waals surface area contributed by atoms with E-state index >= 15 is 0 Å². The van der Waals surface area contributed by atoms with Gasteiger partial charge in [0.25, 0.3) is 0 Å². The number of halogens is 2. The lowest BCUT2D eigenvalue weighted by Crippen LogP contribution is -2.39. The number of benzene rings is 1. The van der Waals surface area contributed by atoms with Crippen LogP contribution in [0.2, 0.25) is 0 Å². The summed E-state index contributed by atoms with van der Waals surface area (Å²) in [4.78, 5) is 27.9. The smallest absolute Gasteiger partial charge is 0.319 e. The Labute approximate surface area is 171 Å². The zero-order chi connectivity index (χ0) is 18.2. The third-order valence-electron chi connectivity index (χ3n) is 3.61. The van der Waals surface area contributed by atoms with Crippen LogP contribution in [0.15, 0.2) is 48.8 Å². The summed E-state index contributed by atoms with van der Waals surface area (Å²) in [5.74, 6) is -0.213. The third-order valence-corrected chi connectivity index (χ3v) is 3.61. The molecular formula is C18H25Cl2N5O2. The summed E-state index contributed by atoms with van der Waals surface area (Å²) in [5, 5.41) is 8.24. The number of nitrogens with two attached hydrogens (primary N) is 1. The lowest BCUT2D eigenvalue weighted by molar-refractivity contribution is -0.118. The van der Waals surface area contributed by atoms with E-state index in [-0.39, 0.29) is 42.7 Å². The zero-order valence-electron chi connectivity index (χ0n) is 15.1. The van der Waals surface area contributed by atoms with Crippen molar-refractivity contribution in [2.75, 3.05) is 10.6 Å². The number of nitrogens with one attached hydrogen (secondary N) is 3. The van der Waals surface area contributed by atoms with Gasteiger partial charge in [0.2, 0.25) is 5.91 Å². The number of amides is 3. The van der Waals surface area contributed by atoms with Gasteiger partial charge in [0.05, 0.1) is 6.04 Å². The summed E-state index contributed by atoms with van der Waals surface area (Å²) in [5.41, 5.74) is 7.93. The molecule has 0 bridgehead atoms. The van der Waals surface area contributed by atoms with E-state index in [1.807, 2.05) is 26.0 Å². The molecule has 0 saturated heterocycles. The van der Waals surface area contributed by atoms with E-state index in [0.29, 0.717) is 17.9 Å². The molecule has 1 aromatic heterocycles. The SMILES string of the molecule is CC(C)[C@H](N)C(=O)Nc1cccc(NC(=O)NCc2ccncc2)c1.Cl.Cl. The summed E-state index contributed by atoms with van der Waals surface area (Å²) in [6.45, 7) is 4.17. The number of rotatable bonds is 6. The lowest BCUT2D eigenvalue weighted by atomic mass is 10.0. The van der Waals surface area contributed by atoms with Crippen molar-refractivity contribution in [2.24, 2.45) is 11.7 Å². The van der Waals surface area contributed by atoms with Crippen LogP contribution in [0.4, 0.5) is 16.2 Å².